The van der Waals surface area contributed by atoms with Crippen molar-refractivity contribution in [2.24, 2.45) is 5.10 Å². The zero-order chi connectivity index (χ0) is 27.5. The van der Waals surface area contributed by atoms with Crippen molar-refractivity contribution < 1.29 is 23.9 Å². The van der Waals surface area contributed by atoms with Crippen LogP contribution in [0.2, 0.25) is 0 Å². The number of nitrogens with one attached hydrogen (secondary N) is 3. The lowest BCUT2D eigenvalue weighted by atomic mass is 10.1. The summed E-state index contributed by atoms with van der Waals surface area (Å²) >= 11 is 0. The summed E-state index contributed by atoms with van der Waals surface area (Å²) in [6.45, 7) is 8.34. The lowest BCUT2D eigenvalue weighted by Gasteiger charge is -2.13. The first kappa shape index (κ1) is 27.9. The van der Waals surface area contributed by atoms with E-state index in [-0.39, 0.29) is 12.5 Å². The van der Waals surface area contributed by atoms with E-state index < -0.39 is 11.8 Å². The van der Waals surface area contributed by atoms with Crippen LogP contribution in [0.5, 0.6) is 11.5 Å². The molecule has 3 aromatic rings. The molecule has 0 saturated heterocycles. The molecule has 9 nitrogen and oxygen atoms in total. The smallest absolute Gasteiger partial charge is 0.329 e. The molecule has 0 atom stereocenters. The van der Waals surface area contributed by atoms with Gasteiger partial charge in [-0.25, -0.2) is 5.43 Å². The Kier molecular flexibility index (Phi) is 9.99. The maximum Gasteiger partial charge on any atom is 0.329 e. The molecule has 0 aliphatic rings. The van der Waals surface area contributed by atoms with Gasteiger partial charge in [-0.3, -0.25) is 14.4 Å². The average Bonchev–Trinajstić information content (AvgIpc) is 2.89. The normalized spacial score (nSPS) is 10.6. The first-order valence-electron chi connectivity index (χ1n) is 12.2. The Morgan fingerprint density at radius 1 is 0.842 bits per heavy atom. The number of hydrogen-bond donors (Lipinski definition) is 3. The van der Waals surface area contributed by atoms with Crippen molar-refractivity contribution in [3.63, 3.8) is 0 Å². The third kappa shape index (κ3) is 8.48. The van der Waals surface area contributed by atoms with Crippen LogP contribution in [-0.2, 0) is 14.4 Å². The summed E-state index contributed by atoms with van der Waals surface area (Å²) in [5, 5.41) is 9.22. The zero-order valence-electron chi connectivity index (χ0n) is 22.0. The van der Waals surface area contributed by atoms with E-state index in [0.717, 1.165) is 28.8 Å². The summed E-state index contributed by atoms with van der Waals surface area (Å²) in [7, 11) is 0. The van der Waals surface area contributed by atoms with Gasteiger partial charge >= 0.3 is 11.8 Å². The highest BCUT2D eigenvalue weighted by atomic mass is 16.5. The number of nitrogens with zero attached hydrogens (tertiary/aromatic N) is 1. The molecule has 0 radical (unpaired) electrons. The van der Waals surface area contributed by atoms with Crippen LogP contribution in [0, 0.1) is 20.8 Å². The van der Waals surface area contributed by atoms with Crippen LogP contribution < -0.4 is 25.5 Å². The highest BCUT2D eigenvalue weighted by molar-refractivity contribution is 6.39. The minimum Gasteiger partial charge on any atom is -0.494 e. The molecule has 3 amide bonds. The van der Waals surface area contributed by atoms with Gasteiger partial charge in [-0.1, -0.05) is 36.8 Å². The maximum absolute atomic E-state index is 12.4. The molecule has 0 aliphatic heterocycles. The van der Waals surface area contributed by atoms with Gasteiger partial charge in [0.05, 0.1) is 12.8 Å². The number of rotatable bonds is 10. The molecule has 198 valence electrons. The molecule has 9 heteroatoms. The lowest BCUT2D eigenvalue weighted by Crippen LogP contribution is -2.32. The van der Waals surface area contributed by atoms with E-state index in [1.807, 2.05) is 39.8 Å². The third-order valence-electron chi connectivity index (χ3n) is 5.34. The van der Waals surface area contributed by atoms with Crippen LogP contribution in [0.1, 0.15) is 35.6 Å². The molecule has 0 aromatic heterocycles. The summed E-state index contributed by atoms with van der Waals surface area (Å²) in [5.74, 6) is -0.913. The molecule has 3 N–H and O–H groups in total. The van der Waals surface area contributed by atoms with Gasteiger partial charge in [0.15, 0.2) is 6.61 Å². The van der Waals surface area contributed by atoms with Gasteiger partial charge < -0.3 is 20.1 Å². The van der Waals surface area contributed by atoms with Crippen molar-refractivity contribution >= 4 is 35.3 Å². The first-order chi connectivity index (χ1) is 18.2. The van der Waals surface area contributed by atoms with E-state index in [4.69, 9.17) is 9.47 Å². The fraction of sp³-hybridized carbons (Fsp3) is 0.241. The largest absolute Gasteiger partial charge is 0.494 e. The van der Waals surface area contributed by atoms with E-state index in [1.54, 1.807) is 48.5 Å². The molecule has 0 bridgehead atoms. The Labute approximate surface area is 222 Å². The van der Waals surface area contributed by atoms with Gasteiger partial charge in [0.1, 0.15) is 11.5 Å². The zero-order valence-corrected chi connectivity index (χ0v) is 22.0. The van der Waals surface area contributed by atoms with E-state index in [1.165, 1.54) is 6.21 Å². The van der Waals surface area contributed by atoms with Crippen molar-refractivity contribution in [2.45, 2.75) is 34.1 Å². The second kappa shape index (κ2) is 13.6. The van der Waals surface area contributed by atoms with Crippen LogP contribution in [-0.4, -0.2) is 37.1 Å². The Bertz CT molecular complexity index is 1300. The number of amides is 3. The highest BCUT2D eigenvalue weighted by Gasteiger charge is 2.13. The Hall–Kier alpha value is -4.66. The molecular formula is C29H32N4O5. The summed E-state index contributed by atoms with van der Waals surface area (Å²) in [6.07, 6.45) is 2.26. The highest BCUT2D eigenvalue weighted by Crippen LogP contribution is 2.22. The summed E-state index contributed by atoms with van der Waals surface area (Å²) in [4.78, 5) is 36.6. The number of anilines is 2. The molecule has 3 aromatic carbocycles. The van der Waals surface area contributed by atoms with Crippen molar-refractivity contribution in [3.8, 4) is 11.5 Å². The van der Waals surface area contributed by atoms with Crippen molar-refractivity contribution in [2.75, 3.05) is 23.8 Å². The van der Waals surface area contributed by atoms with E-state index in [2.05, 4.69) is 21.2 Å². The number of ether oxygens (including phenoxy) is 2. The number of hydrogen-bond acceptors (Lipinski definition) is 6. The molecule has 0 heterocycles. The van der Waals surface area contributed by atoms with Gasteiger partial charge in [0, 0.05) is 11.4 Å². The molecule has 0 unspecified atom stereocenters. The summed E-state index contributed by atoms with van der Waals surface area (Å²) < 4.78 is 11.1. The summed E-state index contributed by atoms with van der Waals surface area (Å²) in [5.41, 5.74) is 7.14. The fourth-order valence-electron chi connectivity index (χ4n) is 3.64. The predicted molar refractivity (Wildman–Crippen MR) is 148 cm³/mol. The number of aryl methyl sites for hydroxylation is 3. The SMILES string of the molecule is CCCOc1ccc(NC(=O)C(=O)N/N=C\c2cccc(OCC(=O)Nc3c(C)cc(C)cc3C)c2)cc1. The number of carbonyl (C=O) groups excluding carboxylic acids is 3. The van der Waals surface area contributed by atoms with Gasteiger partial charge in [0.25, 0.3) is 5.91 Å². The number of benzene rings is 3. The number of hydrazone groups is 1. The van der Waals surface area contributed by atoms with Crippen molar-refractivity contribution in [1.29, 1.82) is 0 Å². The van der Waals surface area contributed by atoms with Gasteiger partial charge in [-0.2, -0.15) is 5.10 Å². The standard InChI is InChI=1S/C29H32N4O5/c1-5-13-37-24-11-9-23(10-12-24)31-28(35)29(36)33-30-17-22-7-6-8-25(16-22)38-18-26(34)32-27-20(3)14-19(2)15-21(27)4/h6-12,14-17H,5,13,18H2,1-4H3,(H,31,35)(H,32,34)(H,33,36)/b30-17-. The monoisotopic (exact) mass is 516 g/mol. The Morgan fingerprint density at radius 2 is 1.55 bits per heavy atom. The van der Waals surface area contributed by atoms with Crippen LogP contribution in [0.25, 0.3) is 0 Å². The second-order valence-corrected chi connectivity index (χ2v) is 8.71. The average molecular weight is 517 g/mol. The molecular weight excluding hydrogens is 484 g/mol. The van der Waals surface area contributed by atoms with Gasteiger partial charge in [-0.15, -0.1) is 0 Å². The lowest BCUT2D eigenvalue weighted by molar-refractivity contribution is -0.136. The van der Waals surface area contributed by atoms with Crippen LogP contribution in [0.4, 0.5) is 11.4 Å². The van der Waals surface area contributed by atoms with Crippen LogP contribution in [0.3, 0.4) is 0 Å². The predicted octanol–water partition coefficient (Wildman–Crippen LogP) is 4.51. The molecule has 3 rings (SSSR count). The van der Waals surface area contributed by atoms with Crippen molar-refractivity contribution in [1.82, 2.24) is 5.43 Å². The van der Waals surface area contributed by atoms with Crippen molar-refractivity contribution in [3.05, 3.63) is 82.9 Å². The molecule has 0 saturated carbocycles. The minimum absolute atomic E-state index is 0.171. The van der Waals surface area contributed by atoms with Crippen LogP contribution >= 0.6 is 0 Å². The molecule has 0 fully saturated rings. The van der Waals surface area contributed by atoms with E-state index in [0.29, 0.717) is 29.4 Å². The maximum atomic E-state index is 12.4. The van der Waals surface area contributed by atoms with Gasteiger partial charge in [0.2, 0.25) is 0 Å². The second-order valence-electron chi connectivity index (χ2n) is 8.71. The van der Waals surface area contributed by atoms with E-state index >= 15 is 0 Å². The van der Waals surface area contributed by atoms with Gasteiger partial charge in [-0.05, 0) is 80.3 Å². The first-order valence-corrected chi connectivity index (χ1v) is 12.2. The molecule has 0 aliphatic carbocycles. The van der Waals surface area contributed by atoms with Crippen LogP contribution in [0.15, 0.2) is 65.8 Å². The fourth-order valence-corrected chi connectivity index (χ4v) is 3.64. The van der Waals surface area contributed by atoms with E-state index in [9.17, 15) is 14.4 Å². The Balaban J connectivity index is 1.47. The third-order valence-corrected chi connectivity index (χ3v) is 5.34. The molecule has 38 heavy (non-hydrogen) atoms. The summed E-state index contributed by atoms with van der Waals surface area (Å²) in [6, 6.07) is 17.6. The Morgan fingerprint density at radius 3 is 2.24 bits per heavy atom. The minimum atomic E-state index is -0.918. The number of carbonyl (C=O) groups is 3. The quantitative estimate of drug-likeness (QED) is 0.208. The molecule has 0 spiro atoms. The topological polar surface area (TPSA) is 118 Å².